The molecule has 0 radical (unpaired) electrons. The Hall–Kier alpha value is -0.480. The summed E-state index contributed by atoms with van der Waals surface area (Å²) >= 11 is 0. The molecule has 206 valence electrons. The van der Waals surface area contributed by atoms with Crippen LogP contribution in [-0.4, -0.2) is 171 Å². The van der Waals surface area contributed by atoms with E-state index >= 15 is 0 Å². The zero-order chi connectivity index (χ0) is 25.3. The molecule has 0 aliphatic heterocycles. The summed E-state index contributed by atoms with van der Waals surface area (Å²) in [6.45, 7) is 10.5. The summed E-state index contributed by atoms with van der Waals surface area (Å²) in [6, 6.07) is 0. The van der Waals surface area contributed by atoms with Crippen LogP contribution in [0.4, 0.5) is 0 Å². The van der Waals surface area contributed by atoms with Gasteiger partial charge in [-0.05, 0) is 26.3 Å². The Kier molecular flexibility index (Phi) is 25.2. The van der Waals surface area contributed by atoms with Crippen molar-refractivity contribution in [3.8, 4) is 0 Å². The molecule has 0 saturated carbocycles. The number of aliphatic hydroxyl groups is 5. The van der Waals surface area contributed by atoms with Gasteiger partial charge >= 0.3 is 0 Å². The van der Waals surface area contributed by atoms with Crippen LogP contribution >= 0.6 is 0 Å². The molecule has 0 aromatic rings. The van der Waals surface area contributed by atoms with Crippen molar-refractivity contribution in [1.29, 1.82) is 0 Å². The van der Waals surface area contributed by atoms with Gasteiger partial charge in [0.05, 0.1) is 33.3 Å². The zero-order valence-corrected chi connectivity index (χ0v) is 21.1. The molecule has 0 atom stereocenters. The molecule has 0 spiro atoms. The average molecular weight is 499 g/mol. The van der Waals surface area contributed by atoms with E-state index in [0.717, 1.165) is 45.6 Å². The maximum atomic E-state index is 9.87. The summed E-state index contributed by atoms with van der Waals surface area (Å²) in [5.74, 6) is 0. The highest BCUT2D eigenvalue weighted by Gasteiger charge is 2.13. The van der Waals surface area contributed by atoms with Crippen LogP contribution in [0, 0.1) is 0 Å². The molecule has 0 aromatic heterocycles. The lowest BCUT2D eigenvalue weighted by Crippen LogP contribution is -2.43. The fourth-order valence-electron chi connectivity index (χ4n) is 3.33. The molecule has 5 N–H and O–H groups in total. The predicted molar refractivity (Wildman–Crippen MR) is 129 cm³/mol. The Morgan fingerprint density at radius 2 is 0.882 bits per heavy atom. The molecule has 0 aromatic carbocycles. The van der Waals surface area contributed by atoms with Gasteiger partial charge in [0.2, 0.25) is 0 Å². The normalized spacial score (nSPS) is 12.2. The maximum absolute atomic E-state index is 9.87. The van der Waals surface area contributed by atoms with Crippen molar-refractivity contribution in [3.63, 3.8) is 0 Å². The minimum absolute atomic E-state index is 0.0435. The van der Waals surface area contributed by atoms with Crippen molar-refractivity contribution < 1.29 is 39.7 Å². The van der Waals surface area contributed by atoms with E-state index in [1.807, 2.05) is 16.7 Å². The van der Waals surface area contributed by atoms with Crippen molar-refractivity contribution in [2.24, 2.45) is 0 Å². The second-order valence-electron chi connectivity index (χ2n) is 7.90. The number of unbranched alkanes of at least 4 members (excludes halogenated alkanes) is 1. The van der Waals surface area contributed by atoms with Gasteiger partial charge in [-0.25, -0.2) is 0 Å². The summed E-state index contributed by atoms with van der Waals surface area (Å²) in [5, 5.41) is 46.1. The smallest absolute Gasteiger partial charge is 0.143 e. The van der Waals surface area contributed by atoms with Crippen LogP contribution in [-0.2, 0) is 14.2 Å². The third kappa shape index (κ3) is 19.8. The SMILES string of the molecule is CCOCCN(CCOCO)CCN(CO)CCN(CCCCO)CCN(CO)CCOCO. The minimum Gasteiger partial charge on any atom is -0.396 e. The highest BCUT2D eigenvalue weighted by Crippen LogP contribution is 2.00. The number of hydrogen-bond acceptors (Lipinski definition) is 12. The molecule has 34 heavy (non-hydrogen) atoms. The van der Waals surface area contributed by atoms with Crippen molar-refractivity contribution in [1.82, 2.24) is 19.6 Å². The lowest BCUT2D eigenvalue weighted by atomic mass is 10.3. The van der Waals surface area contributed by atoms with E-state index in [0.29, 0.717) is 59.2 Å². The second-order valence-corrected chi connectivity index (χ2v) is 7.90. The largest absolute Gasteiger partial charge is 0.396 e. The van der Waals surface area contributed by atoms with Gasteiger partial charge in [-0.15, -0.1) is 0 Å². The van der Waals surface area contributed by atoms with E-state index in [4.69, 9.17) is 29.5 Å². The fraction of sp³-hybridized carbons (Fsp3) is 1.00. The lowest BCUT2D eigenvalue weighted by molar-refractivity contribution is -0.0201. The Bertz CT molecular complexity index is 405. The summed E-state index contributed by atoms with van der Waals surface area (Å²) < 4.78 is 15.5. The quantitative estimate of drug-likeness (QED) is 0.0622. The molecule has 0 fully saturated rings. The maximum Gasteiger partial charge on any atom is 0.143 e. The van der Waals surface area contributed by atoms with Gasteiger partial charge in [0.15, 0.2) is 0 Å². The molecule has 0 unspecified atom stereocenters. The number of aliphatic hydroxyl groups excluding tert-OH is 5. The van der Waals surface area contributed by atoms with E-state index in [1.54, 1.807) is 0 Å². The van der Waals surface area contributed by atoms with Crippen LogP contribution < -0.4 is 0 Å². The van der Waals surface area contributed by atoms with Gasteiger partial charge < -0.3 is 44.6 Å². The Balaban J connectivity index is 4.61. The Morgan fingerprint density at radius 1 is 0.471 bits per heavy atom. The van der Waals surface area contributed by atoms with Gasteiger partial charge in [-0.1, -0.05) is 0 Å². The Labute approximate surface area is 205 Å². The van der Waals surface area contributed by atoms with E-state index in [1.165, 1.54) is 0 Å². The fourth-order valence-corrected chi connectivity index (χ4v) is 3.33. The molecule has 0 aliphatic rings. The number of ether oxygens (including phenoxy) is 3. The molecular formula is C22H50N4O8. The molecule has 0 heterocycles. The summed E-state index contributed by atoms with van der Waals surface area (Å²) in [7, 11) is 0. The first-order valence-corrected chi connectivity index (χ1v) is 12.3. The van der Waals surface area contributed by atoms with Gasteiger partial charge in [0, 0.05) is 72.1 Å². The van der Waals surface area contributed by atoms with E-state index in [-0.39, 0.29) is 33.7 Å². The highest BCUT2D eigenvalue weighted by atomic mass is 16.6. The van der Waals surface area contributed by atoms with Crippen molar-refractivity contribution in [3.05, 3.63) is 0 Å². The van der Waals surface area contributed by atoms with Gasteiger partial charge in [-0.2, -0.15) is 0 Å². The summed E-state index contributed by atoms with van der Waals surface area (Å²) in [5.41, 5.74) is 0. The minimum atomic E-state index is -0.332. The molecule has 12 heteroatoms. The van der Waals surface area contributed by atoms with E-state index < -0.39 is 0 Å². The summed E-state index contributed by atoms with van der Waals surface area (Å²) in [4.78, 5) is 8.30. The average Bonchev–Trinajstić information content (AvgIpc) is 2.85. The standard InChI is InChI=1S/C22H50N4O8/c1-2-32-16-12-24(13-17-33-21-30)8-10-25(19-28)9-6-23(5-3-4-15-27)7-11-26(20-29)14-18-34-22-31/h27-31H,2-22H2,1H3. The number of rotatable bonds is 27. The van der Waals surface area contributed by atoms with Crippen molar-refractivity contribution in [2.75, 3.05) is 126 Å². The Morgan fingerprint density at radius 3 is 1.32 bits per heavy atom. The van der Waals surface area contributed by atoms with Crippen LogP contribution in [0.3, 0.4) is 0 Å². The van der Waals surface area contributed by atoms with Crippen LogP contribution in [0.5, 0.6) is 0 Å². The van der Waals surface area contributed by atoms with Gasteiger partial charge in [0.1, 0.15) is 13.6 Å². The second kappa shape index (κ2) is 25.6. The van der Waals surface area contributed by atoms with E-state index in [2.05, 4.69) is 9.80 Å². The van der Waals surface area contributed by atoms with Gasteiger partial charge in [-0.3, -0.25) is 14.7 Å². The van der Waals surface area contributed by atoms with E-state index in [9.17, 15) is 10.2 Å². The van der Waals surface area contributed by atoms with Crippen molar-refractivity contribution in [2.45, 2.75) is 19.8 Å². The van der Waals surface area contributed by atoms with Crippen LogP contribution in [0.15, 0.2) is 0 Å². The molecule has 0 saturated heterocycles. The first-order valence-electron chi connectivity index (χ1n) is 12.3. The first-order chi connectivity index (χ1) is 16.6. The van der Waals surface area contributed by atoms with Crippen LogP contribution in [0.25, 0.3) is 0 Å². The molecule has 0 aliphatic carbocycles. The van der Waals surface area contributed by atoms with Crippen LogP contribution in [0.1, 0.15) is 19.8 Å². The monoisotopic (exact) mass is 498 g/mol. The number of hydrogen-bond donors (Lipinski definition) is 5. The highest BCUT2D eigenvalue weighted by molar-refractivity contribution is 4.67. The van der Waals surface area contributed by atoms with Gasteiger partial charge in [0.25, 0.3) is 0 Å². The molecule has 0 bridgehead atoms. The molecular weight excluding hydrogens is 448 g/mol. The topological polar surface area (TPSA) is 142 Å². The van der Waals surface area contributed by atoms with Crippen LogP contribution in [0.2, 0.25) is 0 Å². The first kappa shape index (κ1) is 33.5. The molecule has 0 amide bonds. The number of nitrogens with zero attached hydrogens (tertiary/aromatic N) is 4. The molecule has 12 nitrogen and oxygen atoms in total. The predicted octanol–water partition coefficient (Wildman–Crippen LogP) is -2.16. The zero-order valence-electron chi connectivity index (χ0n) is 21.1. The lowest BCUT2D eigenvalue weighted by Gasteiger charge is -2.30. The summed E-state index contributed by atoms with van der Waals surface area (Å²) in [6.07, 6.45) is 1.61. The third-order valence-electron chi connectivity index (χ3n) is 5.52. The van der Waals surface area contributed by atoms with Crippen molar-refractivity contribution >= 4 is 0 Å². The molecule has 0 rings (SSSR count). The third-order valence-corrected chi connectivity index (χ3v) is 5.52.